The number of nitrogens with two attached hydrogens (primary N) is 1. The molecule has 0 bridgehead atoms. The van der Waals surface area contributed by atoms with Gasteiger partial charge in [0.25, 0.3) is 0 Å². The number of nitrogens with one attached hydrogen (secondary N) is 1. The van der Waals surface area contributed by atoms with Crippen molar-refractivity contribution in [3.05, 3.63) is 72.7 Å². The summed E-state index contributed by atoms with van der Waals surface area (Å²) < 4.78 is 4.83. The molecule has 8 heteroatoms. The first-order chi connectivity index (χ1) is 14.2. The Kier molecular flexibility index (Phi) is 5.26. The molecule has 0 amide bonds. The van der Waals surface area contributed by atoms with Crippen LogP contribution in [0.2, 0.25) is 0 Å². The SMILES string of the molecule is COC(=O)c1ccccc1Nc1ncnc(Sc2cccc3cccnc23)c1N. The summed E-state index contributed by atoms with van der Waals surface area (Å²) in [5.74, 6) is -0.0378. The maximum atomic E-state index is 12.0. The first kappa shape index (κ1) is 18.7. The normalized spacial score (nSPS) is 10.7. The summed E-state index contributed by atoms with van der Waals surface area (Å²) in [4.78, 5) is 26.0. The highest BCUT2D eigenvalue weighted by Gasteiger charge is 2.15. The van der Waals surface area contributed by atoms with Crippen LogP contribution in [0.1, 0.15) is 10.4 Å². The summed E-state index contributed by atoms with van der Waals surface area (Å²) >= 11 is 1.41. The van der Waals surface area contributed by atoms with Gasteiger partial charge in [-0.1, -0.05) is 42.1 Å². The van der Waals surface area contributed by atoms with Gasteiger partial charge in [0, 0.05) is 16.5 Å². The Morgan fingerprint density at radius 3 is 2.72 bits per heavy atom. The number of methoxy groups -OCH3 is 1. The quantitative estimate of drug-likeness (QED) is 0.376. The molecule has 4 aromatic rings. The topological polar surface area (TPSA) is 103 Å². The van der Waals surface area contributed by atoms with Crippen molar-refractivity contribution >= 4 is 45.8 Å². The van der Waals surface area contributed by atoms with Crippen molar-refractivity contribution in [3.63, 3.8) is 0 Å². The molecular weight excluding hydrogens is 386 g/mol. The second-order valence-corrected chi connectivity index (χ2v) is 7.07. The van der Waals surface area contributed by atoms with Crippen LogP contribution in [0.25, 0.3) is 10.9 Å². The number of nitrogens with zero attached hydrogens (tertiary/aromatic N) is 3. The van der Waals surface area contributed by atoms with Crippen molar-refractivity contribution in [1.82, 2.24) is 15.0 Å². The summed E-state index contributed by atoms with van der Waals surface area (Å²) in [5, 5.41) is 4.74. The summed E-state index contributed by atoms with van der Waals surface area (Å²) in [6, 6.07) is 16.9. The van der Waals surface area contributed by atoms with Crippen molar-refractivity contribution < 1.29 is 9.53 Å². The van der Waals surface area contributed by atoms with E-state index >= 15 is 0 Å². The molecule has 3 N–H and O–H groups in total. The van der Waals surface area contributed by atoms with Crippen LogP contribution in [0, 0.1) is 0 Å². The number of carbonyl (C=O) groups is 1. The van der Waals surface area contributed by atoms with Crippen LogP contribution in [-0.2, 0) is 4.74 Å². The Bertz CT molecular complexity index is 1190. The van der Waals surface area contributed by atoms with Crippen LogP contribution < -0.4 is 11.1 Å². The van der Waals surface area contributed by atoms with Gasteiger partial charge in [-0.2, -0.15) is 0 Å². The van der Waals surface area contributed by atoms with E-state index in [1.54, 1.807) is 24.4 Å². The zero-order valence-electron chi connectivity index (χ0n) is 15.5. The summed E-state index contributed by atoms with van der Waals surface area (Å²) in [7, 11) is 1.34. The molecule has 0 spiro atoms. The van der Waals surface area contributed by atoms with E-state index < -0.39 is 5.97 Å². The zero-order valence-corrected chi connectivity index (χ0v) is 16.3. The van der Waals surface area contributed by atoms with Gasteiger partial charge in [0.15, 0.2) is 5.82 Å². The number of aromatic nitrogens is 3. The number of rotatable bonds is 5. The Balaban J connectivity index is 1.68. The fourth-order valence-corrected chi connectivity index (χ4v) is 3.76. The summed E-state index contributed by atoms with van der Waals surface area (Å²) in [6.07, 6.45) is 3.19. The zero-order chi connectivity index (χ0) is 20.2. The Morgan fingerprint density at radius 1 is 1.03 bits per heavy atom. The van der Waals surface area contributed by atoms with Crippen LogP contribution >= 0.6 is 11.8 Å². The van der Waals surface area contributed by atoms with Crippen LogP contribution in [-0.4, -0.2) is 28.0 Å². The lowest BCUT2D eigenvalue weighted by molar-refractivity contribution is 0.0602. The fourth-order valence-electron chi connectivity index (χ4n) is 2.83. The largest absolute Gasteiger partial charge is 0.465 e. The molecular formula is C21H17N5O2S. The lowest BCUT2D eigenvalue weighted by atomic mass is 10.2. The van der Waals surface area contributed by atoms with Gasteiger partial charge in [0.2, 0.25) is 0 Å². The number of fused-ring (bicyclic) bond motifs is 1. The molecule has 0 atom stereocenters. The highest BCUT2D eigenvalue weighted by atomic mass is 32.2. The highest BCUT2D eigenvalue weighted by molar-refractivity contribution is 7.99. The minimum absolute atomic E-state index is 0.380. The number of nitrogen functional groups attached to an aromatic ring is 1. The average Bonchev–Trinajstić information content (AvgIpc) is 2.76. The van der Waals surface area contributed by atoms with Crippen molar-refractivity contribution in [2.75, 3.05) is 18.2 Å². The molecule has 0 aliphatic rings. The first-order valence-corrected chi connectivity index (χ1v) is 9.55. The lowest BCUT2D eigenvalue weighted by Crippen LogP contribution is -2.08. The third-order valence-electron chi connectivity index (χ3n) is 4.24. The van der Waals surface area contributed by atoms with Gasteiger partial charge in [0.05, 0.1) is 23.9 Å². The van der Waals surface area contributed by atoms with E-state index in [1.165, 1.54) is 25.2 Å². The van der Waals surface area contributed by atoms with Crippen LogP contribution in [0.15, 0.2) is 77.0 Å². The highest BCUT2D eigenvalue weighted by Crippen LogP contribution is 2.37. The number of esters is 1. The smallest absolute Gasteiger partial charge is 0.339 e. The minimum atomic E-state index is -0.447. The van der Waals surface area contributed by atoms with E-state index in [2.05, 4.69) is 20.3 Å². The third-order valence-corrected chi connectivity index (χ3v) is 5.30. The number of hydrogen-bond donors (Lipinski definition) is 2. The van der Waals surface area contributed by atoms with Gasteiger partial charge < -0.3 is 15.8 Å². The van der Waals surface area contributed by atoms with E-state index in [0.29, 0.717) is 27.8 Å². The predicted molar refractivity (Wildman–Crippen MR) is 113 cm³/mol. The number of para-hydroxylation sites is 2. The summed E-state index contributed by atoms with van der Waals surface area (Å²) in [6.45, 7) is 0. The number of anilines is 3. The summed E-state index contributed by atoms with van der Waals surface area (Å²) in [5.41, 5.74) is 8.53. The Hall–Kier alpha value is -3.65. The molecule has 0 saturated heterocycles. The van der Waals surface area contributed by atoms with Crippen molar-refractivity contribution in [3.8, 4) is 0 Å². The number of pyridine rings is 1. The predicted octanol–water partition coefficient (Wildman–Crippen LogP) is 4.29. The van der Waals surface area contributed by atoms with E-state index in [-0.39, 0.29) is 0 Å². The molecule has 7 nitrogen and oxygen atoms in total. The van der Waals surface area contributed by atoms with Crippen LogP contribution in [0.5, 0.6) is 0 Å². The lowest BCUT2D eigenvalue weighted by Gasteiger charge is -2.13. The van der Waals surface area contributed by atoms with Gasteiger partial charge in [-0.05, 0) is 24.3 Å². The standard InChI is InChI=1S/C21H17N5O2S/c1-28-21(27)14-8-2-3-9-15(14)26-19-17(22)20(25-12-24-19)29-16-10-4-6-13-7-5-11-23-18(13)16/h2-12H,22H2,1H3,(H,24,25,26). The van der Waals surface area contributed by atoms with Crippen LogP contribution in [0.4, 0.5) is 17.2 Å². The second kappa shape index (κ2) is 8.15. The average molecular weight is 403 g/mol. The molecule has 2 aromatic carbocycles. The second-order valence-electron chi connectivity index (χ2n) is 6.04. The fraction of sp³-hybridized carbons (Fsp3) is 0.0476. The van der Waals surface area contributed by atoms with E-state index in [0.717, 1.165) is 15.8 Å². The van der Waals surface area contributed by atoms with E-state index in [4.69, 9.17) is 10.5 Å². The Labute approximate surface area is 171 Å². The first-order valence-electron chi connectivity index (χ1n) is 8.74. The number of hydrogen-bond acceptors (Lipinski definition) is 8. The molecule has 2 heterocycles. The molecule has 0 aliphatic heterocycles. The molecule has 0 radical (unpaired) electrons. The van der Waals surface area contributed by atoms with Gasteiger partial charge in [-0.25, -0.2) is 14.8 Å². The molecule has 4 rings (SSSR count). The van der Waals surface area contributed by atoms with Crippen LogP contribution in [0.3, 0.4) is 0 Å². The minimum Gasteiger partial charge on any atom is -0.465 e. The van der Waals surface area contributed by atoms with Crippen molar-refractivity contribution in [2.24, 2.45) is 0 Å². The molecule has 0 unspecified atom stereocenters. The van der Waals surface area contributed by atoms with Crippen molar-refractivity contribution in [2.45, 2.75) is 9.92 Å². The maximum absolute atomic E-state index is 12.0. The van der Waals surface area contributed by atoms with Gasteiger partial charge in [-0.3, -0.25) is 4.98 Å². The van der Waals surface area contributed by atoms with Gasteiger partial charge in [-0.15, -0.1) is 0 Å². The molecule has 0 aliphatic carbocycles. The number of benzene rings is 2. The molecule has 29 heavy (non-hydrogen) atoms. The maximum Gasteiger partial charge on any atom is 0.339 e. The number of ether oxygens (including phenoxy) is 1. The van der Waals surface area contributed by atoms with Gasteiger partial charge >= 0.3 is 5.97 Å². The molecule has 144 valence electrons. The monoisotopic (exact) mass is 403 g/mol. The van der Waals surface area contributed by atoms with Gasteiger partial charge in [0.1, 0.15) is 17.0 Å². The molecule has 0 fully saturated rings. The van der Waals surface area contributed by atoms with E-state index in [1.807, 2.05) is 36.4 Å². The molecule has 2 aromatic heterocycles. The van der Waals surface area contributed by atoms with Crippen molar-refractivity contribution in [1.29, 1.82) is 0 Å². The Morgan fingerprint density at radius 2 is 1.86 bits per heavy atom. The third kappa shape index (κ3) is 3.83. The number of carbonyl (C=O) groups excluding carboxylic acids is 1. The molecule has 0 saturated carbocycles. The van der Waals surface area contributed by atoms with E-state index in [9.17, 15) is 4.79 Å².